The van der Waals surface area contributed by atoms with Crippen molar-refractivity contribution in [2.75, 3.05) is 0 Å². The van der Waals surface area contributed by atoms with Gasteiger partial charge in [0.15, 0.2) is 5.78 Å². The summed E-state index contributed by atoms with van der Waals surface area (Å²) in [5.74, 6) is 0.101. The van der Waals surface area contributed by atoms with Crippen molar-refractivity contribution in [2.45, 2.75) is 19.3 Å². The van der Waals surface area contributed by atoms with Gasteiger partial charge in [0.05, 0.1) is 5.02 Å². The van der Waals surface area contributed by atoms with Crippen molar-refractivity contribution in [3.8, 4) is 5.75 Å². The number of ketones is 1. The number of fused-ring (bicyclic) bond motifs is 1. The zero-order valence-corrected chi connectivity index (χ0v) is 7.77. The molecule has 0 spiro atoms. The summed E-state index contributed by atoms with van der Waals surface area (Å²) in [4.78, 5) is 11.4. The second kappa shape index (κ2) is 3.04. The third-order valence-corrected chi connectivity index (χ3v) is 2.63. The SMILES string of the molecule is O=C1CCCc2cc(Cl)c(O)cc21. The van der Waals surface area contributed by atoms with Crippen LogP contribution in [0.2, 0.25) is 5.02 Å². The number of carbonyl (C=O) groups excluding carboxylic acids is 1. The van der Waals surface area contributed by atoms with Crippen molar-refractivity contribution in [3.63, 3.8) is 0 Å². The molecule has 1 N–H and O–H groups in total. The van der Waals surface area contributed by atoms with E-state index in [0.717, 1.165) is 18.4 Å². The average Bonchev–Trinajstić information content (AvgIpc) is 2.09. The molecule has 13 heavy (non-hydrogen) atoms. The number of aryl methyl sites for hydroxylation is 1. The predicted molar refractivity (Wildman–Crippen MR) is 50.4 cm³/mol. The van der Waals surface area contributed by atoms with Gasteiger partial charge in [0.1, 0.15) is 5.75 Å². The average molecular weight is 197 g/mol. The minimum absolute atomic E-state index is 0.00401. The summed E-state index contributed by atoms with van der Waals surface area (Å²) in [5.41, 5.74) is 1.59. The summed E-state index contributed by atoms with van der Waals surface area (Å²) < 4.78 is 0. The number of hydrogen-bond donors (Lipinski definition) is 1. The molecule has 0 amide bonds. The number of phenols is 1. The van der Waals surface area contributed by atoms with Crippen LogP contribution in [0.1, 0.15) is 28.8 Å². The van der Waals surface area contributed by atoms with Gasteiger partial charge in [-0.05, 0) is 30.5 Å². The van der Waals surface area contributed by atoms with Gasteiger partial charge in [-0.1, -0.05) is 11.6 Å². The fourth-order valence-electron chi connectivity index (χ4n) is 1.64. The zero-order chi connectivity index (χ0) is 9.42. The minimum atomic E-state index is -0.00401. The molecule has 0 fully saturated rings. The summed E-state index contributed by atoms with van der Waals surface area (Å²) in [6, 6.07) is 3.16. The number of aromatic hydroxyl groups is 1. The summed E-state index contributed by atoms with van der Waals surface area (Å²) in [7, 11) is 0. The van der Waals surface area contributed by atoms with E-state index in [-0.39, 0.29) is 11.5 Å². The molecule has 0 saturated heterocycles. The number of phenolic OH excluding ortho intramolecular Hbond substituents is 1. The van der Waals surface area contributed by atoms with Crippen LogP contribution in [-0.4, -0.2) is 10.9 Å². The summed E-state index contributed by atoms with van der Waals surface area (Å²) in [6.45, 7) is 0. The Kier molecular flexibility index (Phi) is 2.00. The maximum absolute atomic E-state index is 11.4. The molecule has 2 rings (SSSR count). The number of benzene rings is 1. The van der Waals surface area contributed by atoms with E-state index >= 15 is 0 Å². The Morgan fingerprint density at radius 1 is 1.31 bits per heavy atom. The van der Waals surface area contributed by atoms with Crippen LogP contribution in [0.5, 0.6) is 5.75 Å². The quantitative estimate of drug-likeness (QED) is 0.693. The van der Waals surface area contributed by atoms with Crippen molar-refractivity contribution in [1.82, 2.24) is 0 Å². The van der Waals surface area contributed by atoms with Gasteiger partial charge >= 0.3 is 0 Å². The number of hydrogen-bond acceptors (Lipinski definition) is 2. The third kappa shape index (κ3) is 1.42. The van der Waals surface area contributed by atoms with E-state index < -0.39 is 0 Å². The zero-order valence-electron chi connectivity index (χ0n) is 7.01. The molecule has 0 bridgehead atoms. The van der Waals surface area contributed by atoms with Gasteiger partial charge < -0.3 is 5.11 Å². The molecule has 0 saturated carbocycles. The van der Waals surface area contributed by atoms with Crippen molar-refractivity contribution in [3.05, 3.63) is 28.3 Å². The molecule has 2 nitrogen and oxygen atoms in total. The van der Waals surface area contributed by atoms with E-state index in [1.165, 1.54) is 6.07 Å². The van der Waals surface area contributed by atoms with Crippen molar-refractivity contribution in [2.24, 2.45) is 0 Å². The van der Waals surface area contributed by atoms with Crippen LogP contribution in [-0.2, 0) is 6.42 Å². The third-order valence-electron chi connectivity index (χ3n) is 2.32. The predicted octanol–water partition coefficient (Wildman–Crippen LogP) is 2.56. The molecule has 0 unspecified atom stereocenters. The first kappa shape index (κ1) is 8.57. The van der Waals surface area contributed by atoms with Gasteiger partial charge in [0.25, 0.3) is 0 Å². The maximum Gasteiger partial charge on any atom is 0.163 e. The van der Waals surface area contributed by atoms with Crippen LogP contribution in [0, 0.1) is 0 Å². The van der Waals surface area contributed by atoms with E-state index in [1.54, 1.807) is 6.07 Å². The fourth-order valence-corrected chi connectivity index (χ4v) is 1.83. The topological polar surface area (TPSA) is 37.3 Å². The molecule has 1 aromatic carbocycles. The lowest BCUT2D eigenvalue weighted by atomic mass is 9.90. The van der Waals surface area contributed by atoms with Gasteiger partial charge in [0, 0.05) is 12.0 Å². The fraction of sp³-hybridized carbons (Fsp3) is 0.300. The summed E-state index contributed by atoms with van der Waals surface area (Å²) in [5, 5.41) is 9.64. The minimum Gasteiger partial charge on any atom is -0.506 e. The lowest BCUT2D eigenvalue weighted by Gasteiger charge is -2.14. The van der Waals surface area contributed by atoms with Gasteiger partial charge in [0.2, 0.25) is 0 Å². The van der Waals surface area contributed by atoms with Gasteiger partial charge in [-0.2, -0.15) is 0 Å². The Morgan fingerprint density at radius 3 is 2.85 bits per heavy atom. The molecule has 0 aliphatic heterocycles. The first-order valence-electron chi connectivity index (χ1n) is 4.23. The highest BCUT2D eigenvalue weighted by atomic mass is 35.5. The van der Waals surface area contributed by atoms with E-state index in [4.69, 9.17) is 11.6 Å². The Balaban J connectivity index is 2.58. The number of carbonyl (C=O) groups is 1. The first-order valence-corrected chi connectivity index (χ1v) is 4.61. The maximum atomic E-state index is 11.4. The van der Waals surface area contributed by atoms with Crippen molar-refractivity contribution >= 4 is 17.4 Å². The first-order chi connectivity index (χ1) is 6.18. The van der Waals surface area contributed by atoms with E-state index in [9.17, 15) is 9.90 Å². The van der Waals surface area contributed by atoms with Crippen LogP contribution in [0.15, 0.2) is 12.1 Å². The lowest BCUT2D eigenvalue weighted by molar-refractivity contribution is 0.0972. The summed E-state index contributed by atoms with van der Waals surface area (Å²) >= 11 is 5.73. The number of Topliss-reactive ketones (excluding diaryl/α,β-unsaturated/α-hetero) is 1. The highest BCUT2D eigenvalue weighted by molar-refractivity contribution is 6.32. The monoisotopic (exact) mass is 196 g/mol. The Morgan fingerprint density at radius 2 is 2.08 bits per heavy atom. The molecular formula is C10H9ClO2. The molecule has 1 aromatic rings. The molecule has 68 valence electrons. The molecule has 0 radical (unpaired) electrons. The van der Waals surface area contributed by atoms with Crippen LogP contribution in [0.25, 0.3) is 0 Å². The molecule has 0 aromatic heterocycles. The van der Waals surface area contributed by atoms with E-state index in [0.29, 0.717) is 17.0 Å². The summed E-state index contributed by atoms with van der Waals surface area (Å²) in [6.07, 6.45) is 2.34. The molecule has 0 atom stereocenters. The second-order valence-electron chi connectivity index (χ2n) is 3.24. The Hall–Kier alpha value is -1.02. The Bertz CT molecular complexity index is 371. The molecule has 1 aliphatic rings. The largest absolute Gasteiger partial charge is 0.506 e. The van der Waals surface area contributed by atoms with Crippen LogP contribution >= 0.6 is 11.6 Å². The Labute approximate surface area is 81.1 Å². The van der Waals surface area contributed by atoms with Crippen LogP contribution < -0.4 is 0 Å². The van der Waals surface area contributed by atoms with Gasteiger partial charge in [-0.25, -0.2) is 0 Å². The smallest absolute Gasteiger partial charge is 0.163 e. The van der Waals surface area contributed by atoms with Crippen LogP contribution in [0.3, 0.4) is 0 Å². The van der Waals surface area contributed by atoms with E-state index in [2.05, 4.69) is 0 Å². The van der Waals surface area contributed by atoms with Gasteiger partial charge in [-0.15, -0.1) is 0 Å². The second-order valence-corrected chi connectivity index (χ2v) is 3.64. The van der Waals surface area contributed by atoms with Crippen molar-refractivity contribution < 1.29 is 9.90 Å². The molecule has 0 heterocycles. The number of rotatable bonds is 0. The van der Waals surface area contributed by atoms with Crippen LogP contribution in [0.4, 0.5) is 0 Å². The highest BCUT2D eigenvalue weighted by Crippen LogP contribution is 2.31. The van der Waals surface area contributed by atoms with Crippen molar-refractivity contribution in [1.29, 1.82) is 0 Å². The standard InChI is InChI=1S/C10H9ClO2/c11-8-4-6-2-1-3-9(12)7(6)5-10(8)13/h4-5,13H,1-3H2. The lowest BCUT2D eigenvalue weighted by Crippen LogP contribution is -2.10. The molecular weight excluding hydrogens is 188 g/mol. The highest BCUT2D eigenvalue weighted by Gasteiger charge is 2.18. The molecule has 3 heteroatoms. The molecule has 1 aliphatic carbocycles. The normalized spacial score (nSPS) is 15.6. The number of halogens is 1. The van der Waals surface area contributed by atoms with Gasteiger partial charge in [-0.3, -0.25) is 4.79 Å². The van der Waals surface area contributed by atoms with E-state index in [1.807, 2.05) is 0 Å².